The van der Waals surface area contributed by atoms with Crippen LogP contribution < -0.4 is 16.0 Å². The molecule has 106 valence electrons. The topological polar surface area (TPSA) is 64.1 Å². The molecule has 0 aliphatic carbocycles. The van der Waals surface area contributed by atoms with Gasteiger partial charge in [-0.15, -0.1) is 0 Å². The lowest BCUT2D eigenvalue weighted by molar-refractivity contribution is 0.411. The number of halogens is 3. The zero-order chi connectivity index (χ0) is 15.0. The van der Waals surface area contributed by atoms with Crippen LogP contribution in [0.25, 0.3) is 5.69 Å². The van der Waals surface area contributed by atoms with Gasteiger partial charge in [-0.1, -0.05) is 23.2 Å². The molecule has 1 N–H and O–H groups in total. The minimum Gasteiger partial charge on any atom is -0.494 e. The van der Waals surface area contributed by atoms with Gasteiger partial charge in [-0.05, 0) is 18.6 Å². The van der Waals surface area contributed by atoms with E-state index in [-0.39, 0.29) is 11.4 Å². The molecule has 20 heavy (non-hydrogen) atoms. The van der Waals surface area contributed by atoms with Crippen LogP contribution in [0.3, 0.4) is 0 Å². The molecule has 0 aliphatic heterocycles. The fourth-order valence-electron chi connectivity index (χ4n) is 1.69. The Morgan fingerprint density at radius 3 is 2.55 bits per heavy atom. The van der Waals surface area contributed by atoms with Gasteiger partial charge in [0.05, 0.1) is 12.8 Å². The largest absolute Gasteiger partial charge is 0.494 e. The second-order valence-electron chi connectivity index (χ2n) is 3.97. The molecule has 1 heterocycles. The molecule has 5 nitrogen and oxygen atoms in total. The maximum Gasteiger partial charge on any atom is 0.334 e. The molecule has 1 aromatic heterocycles. The standard InChI is InChI=1S/C12H9Cl2FN2O3/c1-5-3-7(8(20-2)4-6(5)13)17-11(18)9(15)10(14)16-12(17)19/h3-4H,1-2H3,(H,16,19). The molecule has 0 unspecified atom stereocenters. The Hall–Kier alpha value is -1.79. The second-order valence-corrected chi connectivity index (χ2v) is 4.76. The SMILES string of the molecule is COc1cc(Cl)c(C)cc1-n1c(=O)[nH]c(Cl)c(F)c1=O. The third-order valence-corrected chi connectivity index (χ3v) is 3.37. The zero-order valence-corrected chi connectivity index (χ0v) is 12.0. The van der Waals surface area contributed by atoms with E-state index in [0.717, 1.165) is 0 Å². The lowest BCUT2D eigenvalue weighted by Crippen LogP contribution is -2.36. The number of nitrogens with zero attached hydrogens (tertiary/aromatic N) is 1. The Labute approximate surface area is 122 Å². The first-order valence-electron chi connectivity index (χ1n) is 5.41. The van der Waals surface area contributed by atoms with E-state index in [1.54, 1.807) is 6.92 Å². The minimum absolute atomic E-state index is 0.0798. The summed E-state index contributed by atoms with van der Waals surface area (Å²) in [6.07, 6.45) is 0. The van der Waals surface area contributed by atoms with Gasteiger partial charge in [0, 0.05) is 11.1 Å². The summed E-state index contributed by atoms with van der Waals surface area (Å²) in [5, 5.41) is -0.245. The summed E-state index contributed by atoms with van der Waals surface area (Å²) < 4.78 is 19.2. The van der Waals surface area contributed by atoms with E-state index in [2.05, 4.69) is 0 Å². The highest BCUT2D eigenvalue weighted by Gasteiger charge is 2.17. The van der Waals surface area contributed by atoms with Crippen molar-refractivity contribution < 1.29 is 9.13 Å². The van der Waals surface area contributed by atoms with Crippen LogP contribution in [0, 0.1) is 12.7 Å². The van der Waals surface area contributed by atoms with Gasteiger partial charge in [0.1, 0.15) is 5.75 Å². The van der Waals surface area contributed by atoms with Gasteiger partial charge in [-0.25, -0.2) is 9.36 Å². The van der Waals surface area contributed by atoms with E-state index in [4.69, 9.17) is 27.9 Å². The molecule has 0 bridgehead atoms. The van der Waals surface area contributed by atoms with E-state index >= 15 is 0 Å². The van der Waals surface area contributed by atoms with Crippen LogP contribution in [0.1, 0.15) is 5.56 Å². The number of aryl methyl sites for hydroxylation is 1. The van der Waals surface area contributed by atoms with Crippen molar-refractivity contribution in [2.24, 2.45) is 0 Å². The van der Waals surface area contributed by atoms with Crippen molar-refractivity contribution in [3.05, 3.63) is 54.5 Å². The Morgan fingerprint density at radius 1 is 1.30 bits per heavy atom. The fraction of sp³-hybridized carbons (Fsp3) is 0.167. The molecule has 2 rings (SSSR count). The number of hydrogen-bond acceptors (Lipinski definition) is 3. The van der Waals surface area contributed by atoms with Gasteiger partial charge in [0.25, 0.3) is 5.56 Å². The van der Waals surface area contributed by atoms with Crippen LogP contribution in [0.15, 0.2) is 21.7 Å². The third-order valence-electron chi connectivity index (χ3n) is 2.70. The number of aromatic amines is 1. The smallest absolute Gasteiger partial charge is 0.334 e. The maximum atomic E-state index is 13.6. The molecule has 0 saturated heterocycles. The second kappa shape index (κ2) is 5.30. The summed E-state index contributed by atoms with van der Waals surface area (Å²) >= 11 is 11.4. The number of rotatable bonds is 2. The molecule has 0 radical (unpaired) electrons. The quantitative estimate of drug-likeness (QED) is 0.864. The predicted molar refractivity (Wildman–Crippen MR) is 73.9 cm³/mol. The molecule has 0 aliphatic rings. The van der Waals surface area contributed by atoms with Crippen LogP contribution in [-0.4, -0.2) is 16.7 Å². The average molecular weight is 319 g/mol. The third kappa shape index (κ3) is 2.32. The lowest BCUT2D eigenvalue weighted by Gasteiger charge is -2.12. The average Bonchev–Trinajstić information content (AvgIpc) is 2.40. The van der Waals surface area contributed by atoms with Gasteiger partial charge in [0.2, 0.25) is 5.82 Å². The molecule has 0 saturated carbocycles. The number of benzene rings is 1. The molecular formula is C12H9Cl2FN2O3. The first-order chi connectivity index (χ1) is 9.36. The summed E-state index contributed by atoms with van der Waals surface area (Å²) in [4.78, 5) is 25.8. The summed E-state index contributed by atoms with van der Waals surface area (Å²) in [6.45, 7) is 1.68. The Balaban J connectivity index is 2.89. The molecule has 0 amide bonds. The van der Waals surface area contributed by atoms with E-state index in [1.165, 1.54) is 19.2 Å². The molecule has 2 aromatic rings. The summed E-state index contributed by atoms with van der Waals surface area (Å²) in [6, 6.07) is 2.88. The van der Waals surface area contributed by atoms with Crippen molar-refractivity contribution in [2.75, 3.05) is 7.11 Å². The lowest BCUT2D eigenvalue weighted by atomic mass is 10.2. The van der Waals surface area contributed by atoms with Crippen LogP contribution in [0.5, 0.6) is 5.75 Å². The highest BCUT2D eigenvalue weighted by atomic mass is 35.5. The van der Waals surface area contributed by atoms with Crippen LogP contribution in [0.2, 0.25) is 10.2 Å². The molecule has 8 heteroatoms. The van der Waals surface area contributed by atoms with Gasteiger partial charge in [-0.3, -0.25) is 9.78 Å². The molecule has 0 atom stereocenters. The van der Waals surface area contributed by atoms with E-state index in [1.807, 2.05) is 4.98 Å². The number of nitrogens with one attached hydrogen (secondary N) is 1. The van der Waals surface area contributed by atoms with Crippen molar-refractivity contribution >= 4 is 23.2 Å². The molecule has 0 spiro atoms. The Kier molecular flexibility index (Phi) is 3.87. The molecular weight excluding hydrogens is 310 g/mol. The zero-order valence-electron chi connectivity index (χ0n) is 10.5. The van der Waals surface area contributed by atoms with Gasteiger partial charge in [-0.2, -0.15) is 4.39 Å². The van der Waals surface area contributed by atoms with Crippen molar-refractivity contribution in [1.82, 2.24) is 9.55 Å². The number of H-pyrrole nitrogens is 1. The number of aromatic nitrogens is 2. The first kappa shape index (κ1) is 14.6. The highest BCUT2D eigenvalue weighted by molar-refractivity contribution is 6.31. The summed E-state index contributed by atoms with van der Waals surface area (Å²) in [5.41, 5.74) is -1.36. The first-order valence-corrected chi connectivity index (χ1v) is 6.17. The number of hydrogen-bond donors (Lipinski definition) is 1. The highest BCUT2D eigenvalue weighted by Crippen LogP contribution is 2.28. The maximum absolute atomic E-state index is 13.6. The molecule has 1 aromatic carbocycles. The van der Waals surface area contributed by atoms with Crippen molar-refractivity contribution in [3.8, 4) is 11.4 Å². The number of ether oxygens (including phenoxy) is 1. The van der Waals surface area contributed by atoms with E-state index in [0.29, 0.717) is 15.2 Å². The van der Waals surface area contributed by atoms with Crippen molar-refractivity contribution in [1.29, 1.82) is 0 Å². The van der Waals surface area contributed by atoms with E-state index < -0.39 is 22.2 Å². The predicted octanol–water partition coefficient (Wildman–Crippen LogP) is 2.29. The summed E-state index contributed by atoms with van der Waals surface area (Å²) in [7, 11) is 1.34. The fourth-order valence-corrected chi connectivity index (χ4v) is 2.01. The van der Waals surface area contributed by atoms with Crippen molar-refractivity contribution in [2.45, 2.75) is 6.92 Å². The normalized spacial score (nSPS) is 10.7. The van der Waals surface area contributed by atoms with Gasteiger partial charge < -0.3 is 4.74 Å². The van der Waals surface area contributed by atoms with Crippen LogP contribution >= 0.6 is 23.2 Å². The van der Waals surface area contributed by atoms with Gasteiger partial charge in [0.15, 0.2) is 5.15 Å². The van der Waals surface area contributed by atoms with Crippen LogP contribution in [0.4, 0.5) is 4.39 Å². The van der Waals surface area contributed by atoms with Gasteiger partial charge >= 0.3 is 5.69 Å². The molecule has 0 fully saturated rings. The minimum atomic E-state index is -1.25. The Morgan fingerprint density at radius 2 is 1.95 bits per heavy atom. The van der Waals surface area contributed by atoms with Crippen LogP contribution in [-0.2, 0) is 0 Å². The van der Waals surface area contributed by atoms with Crippen molar-refractivity contribution in [3.63, 3.8) is 0 Å². The van der Waals surface area contributed by atoms with E-state index in [9.17, 15) is 14.0 Å². The monoisotopic (exact) mass is 318 g/mol. The summed E-state index contributed by atoms with van der Waals surface area (Å²) in [5.74, 6) is -1.09. The Bertz CT molecular complexity index is 799. The number of methoxy groups -OCH3 is 1.